The fraction of sp³-hybridized carbons (Fsp3) is 0.273. The first-order valence-corrected chi connectivity index (χ1v) is 4.16. The quantitative estimate of drug-likeness (QED) is 0.521. The van der Waals surface area contributed by atoms with E-state index < -0.39 is 5.41 Å². The van der Waals surface area contributed by atoms with Gasteiger partial charge in [-0.1, -0.05) is 6.08 Å². The lowest BCUT2D eigenvalue weighted by molar-refractivity contribution is 0.0886. The minimum absolute atomic E-state index is 0.0740. The largest absolute Gasteiger partial charge is 0.293 e. The van der Waals surface area contributed by atoms with Crippen molar-refractivity contribution in [3.63, 3.8) is 0 Å². The summed E-state index contributed by atoms with van der Waals surface area (Å²) in [5.41, 5.74) is 0.182. The van der Waals surface area contributed by atoms with Gasteiger partial charge in [0.15, 0.2) is 5.78 Å². The van der Waals surface area contributed by atoms with Crippen molar-refractivity contribution in [1.29, 1.82) is 0 Å². The summed E-state index contributed by atoms with van der Waals surface area (Å²) in [6.45, 7) is 7.34. The van der Waals surface area contributed by atoms with Crippen LogP contribution in [0.25, 0.3) is 0 Å². The lowest BCUT2D eigenvalue weighted by Gasteiger charge is -2.17. The zero-order valence-corrected chi connectivity index (χ0v) is 7.95. The summed E-state index contributed by atoms with van der Waals surface area (Å²) in [6.07, 6.45) is 4.90. The van der Waals surface area contributed by atoms with Gasteiger partial charge in [-0.25, -0.2) is 0 Å². The Morgan fingerprint density at radius 2 is 2.00 bits per heavy atom. The van der Waals surface area contributed by atoms with Gasteiger partial charge >= 0.3 is 0 Å². The van der Waals surface area contributed by atoms with E-state index in [1.807, 2.05) is 13.8 Å². The molecule has 2 heteroatoms. The molecule has 0 aliphatic heterocycles. The van der Waals surface area contributed by atoms with Crippen LogP contribution in [0.4, 0.5) is 0 Å². The molecular weight excluding hydrogens is 162 g/mol. The third-order valence-electron chi connectivity index (χ3n) is 2.04. The summed E-state index contributed by atoms with van der Waals surface area (Å²) in [4.78, 5) is 15.7. The van der Waals surface area contributed by atoms with E-state index >= 15 is 0 Å². The zero-order chi connectivity index (χ0) is 9.90. The molecule has 1 heterocycles. The highest BCUT2D eigenvalue weighted by Crippen LogP contribution is 2.22. The fourth-order valence-corrected chi connectivity index (χ4v) is 0.968. The minimum Gasteiger partial charge on any atom is -0.293 e. The van der Waals surface area contributed by atoms with Crippen LogP contribution in [0.15, 0.2) is 37.2 Å². The minimum atomic E-state index is -0.499. The van der Waals surface area contributed by atoms with E-state index in [1.165, 1.54) is 0 Å². The highest BCUT2D eigenvalue weighted by atomic mass is 16.1. The molecule has 0 atom stereocenters. The molecule has 0 radical (unpaired) electrons. The van der Waals surface area contributed by atoms with Crippen molar-refractivity contribution in [2.45, 2.75) is 13.8 Å². The van der Waals surface area contributed by atoms with Gasteiger partial charge in [0.1, 0.15) is 0 Å². The topological polar surface area (TPSA) is 30.0 Å². The predicted molar refractivity (Wildman–Crippen MR) is 52.5 cm³/mol. The van der Waals surface area contributed by atoms with Crippen LogP contribution in [0.5, 0.6) is 0 Å². The van der Waals surface area contributed by atoms with E-state index in [-0.39, 0.29) is 5.78 Å². The Balaban J connectivity index is 2.99. The van der Waals surface area contributed by atoms with Crippen LogP contribution in [-0.4, -0.2) is 10.8 Å². The summed E-state index contributed by atoms with van der Waals surface area (Å²) in [7, 11) is 0. The molecule has 1 aromatic rings. The lowest BCUT2D eigenvalue weighted by atomic mass is 9.85. The van der Waals surface area contributed by atoms with Gasteiger partial charge in [0.2, 0.25) is 0 Å². The Labute approximate surface area is 78.3 Å². The number of allylic oxidation sites excluding steroid dienone is 1. The van der Waals surface area contributed by atoms with Gasteiger partial charge in [0.05, 0.1) is 0 Å². The van der Waals surface area contributed by atoms with Gasteiger partial charge in [-0.15, -0.1) is 6.58 Å². The number of carbonyl (C=O) groups excluding carboxylic acids is 1. The highest BCUT2D eigenvalue weighted by molar-refractivity contribution is 6.01. The fourth-order valence-electron chi connectivity index (χ4n) is 0.968. The summed E-state index contributed by atoms with van der Waals surface area (Å²) < 4.78 is 0. The average Bonchev–Trinajstić information content (AvgIpc) is 2.18. The molecule has 13 heavy (non-hydrogen) atoms. The van der Waals surface area contributed by atoms with Crippen LogP contribution in [-0.2, 0) is 0 Å². The van der Waals surface area contributed by atoms with E-state index in [0.717, 1.165) is 0 Å². The molecule has 68 valence electrons. The monoisotopic (exact) mass is 175 g/mol. The number of carbonyl (C=O) groups is 1. The molecule has 0 aromatic carbocycles. The van der Waals surface area contributed by atoms with Crippen LogP contribution in [0.1, 0.15) is 24.2 Å². The highest BCUT2D eigenvalue weighted by Gasteiger charge is 2.24. The maximum absolute atomic E-state index is 11.8. The molecule has 2 nitrogen and oxygen atoms in total. The molecule has 0 aliphatic rings. The molecular formula is C11H13NO. The average molecular weight is 175 g/mol. The Hall–Kier alpha value is -1.44. The van der Waals surface area contributed by atoms with Gasteiger partial charge in [-0.05, 0) is 26.0 Å². The maximum Gasteiger partial charge on any atom is 0.172 e. The normalized spacial score (nSPS) is 10.9. The predicted octanol–water partition coefficient (Wildman–Crippen LogP) is 2.48. The number of Topliss-reactive ketones (excluding diaryl/α,β-unsaturated/α-hetero) is 1. The summed E-state index contributed by atoms with van der Waals surface area (Å²) in [6, 6.07) is 3.43. The Kier molecular flexibility index (Phi) is 2.61. The summed E-state index contributed by atoms with van der Waals surface area (Å²) in [5.74, 6) is 0.0740. The first kappa shape index (κ1) is 9.65. The molecule has 0 saturated heterocycles. The van der Waals surface area contributed by atoms with Gasteiger partial charge in [-0.3, -0.25) is 9.78 Å². The molecule has 0 unspecified atom stereocenters. The molecule has 0 fully saturated rings. The van der Waals surface area contributed by atoms with Crippen molar-refractivity contribution in [1.82, 2.24) is 4.98 Å². The number of nitrogens with zero attached hydrogens (tertiary/aromatic N) is 1. The van der Waals surface area contributed by atoms with Crippen molar-refractivity contribution in [3.05, 3.63) is 42.7 Å². The van der Waals surface area contributed by atoms with Crippen LogP contribution >= 0.6 is 0 Å². The van der Waals surface area contributed by atoms with Gasteiger partial charge < -0.3 is 0 Å². The van der Waals surface area contributed by atoms with Gasteiger partial charge in [-0.2, -0.15) is 0 Å². The van der Waals surface area contributed by atoms with E-state index in [0.29, 0.717) is 5.56 Å². The van der Waals surface area contributed by atoms with Crippen LogP contribution < -0.4 is 0 Å². The van der Waals surface area contributed by atoms with Crippen LogP contribution in [0.2, 0.25) is 0 Å². The van der Waals surface area contributed by atoms with E-state index in [4.69, 9.17) is 0 Å². The number of rotatable bonds is 3. The maximum atomic E-state index is 11.8. The smallest absolute Gasteiger partial charge is 0.172 e. The number of hydrogen-bond acceptors (Lipinski definition) is 2. The SMILES string of the molecule is C=CC(C)(C)C(=O)c1ccncc1. The third-order valence-corrected chi connectivity index (χ3v) is 2.04. The first-order chi connectivity index (χ1) is 6.08. The van der Waals surface area contributed by atoms with Gasteiger partial charge in [0.25, 0.3) is 0 Å². The van der Waals surface area contributed by atoms with E-state index in [2.05, 4.69) is 11.6 Å². The number of ketones is 1. The Morgan fingerprint density at radius 3 is 2.46 bits per heavy atom. The first-order valence-electron chi connectivity index (χ1n) is 4.16. The zero-order valence-electron chi connectivity index (χ0n) is 7.95. The van der Waals surface area contributed by atoms with Crippen molar-refractivity contribution in [2.75, 3.05) is 0 Å². The molecule has 0 spiro atoms. The van der Waals surface area contributed by atoms with Crippen molar-refractivity contribution >= 4 is 5.78 Å². The van der Waals surface area contributed by atoms with Crippen LogP contribution in [0.3, 0.4) is 0 Å². The van der Waals surface area contributed by atoms with Crippen molar-refractivity contribution < 1.29 is 4.79 Å². The second-order valence-electron chi connectivity index (χ2n) is 3.49. The van der Waals surface area contributed by atoms with E-state index in [9.17, 15) is 4.79 Å². The molecule has 0 bridgehead atoms. The molecule has 0 N–H and O–H groups in total. The second-order valence-corrected chi connectivity index (χ2v) is 3.49. The van der Waals surface area contributed by atoms with Gasteiger partial charge in [0, 0.05) is 23.4 Å². The Bertz CT molecular complexity index is 314. The molecule has 0 saturated carbocycles. The number of aromatic nitrogens is 1. The van der Waals surface area contributed by atoms with Crippen molar-refractivity contribution in [2.24, 2.45) is 5.41 Å². The number of hydrogen-bond donors (Lipinski definition) is 0. The third kappa shape index (κ3) is 2.02. The molecule has 1 aromatic heterocycles. The molecule has 0 amide bonds. The van der Waals surface area contributed by atoms with E-state index in [1.54, 1.807) is 30.6 Å². The summed E-state index contributed by atoms with van der Waals surface area (Å²) in [5, 5.41) is 0. The Morgan fingerprint density at radius 1 is 1.46 bits per heavy atom. The molecule has 1 rings (SSSR count). The van der Waals surface area contributed by atoms with Crippen molar-refractivity contribution in [3.8, 4) is 0 Å². The molecule has 0 aliphatic carbocycles. The van der Waals surface area contributed by atoms with Crippen LogP contribution in [0, 0.1) is 5.41 Å². The number of pyridine rings is 1. The lowest BCUT2D eigenvalue weighted by Crippen LogP contribution is -2.21. The second kappa shape index (κ2) is 3.52. The standard InChI is InChI=1S/C11H13NO/c1-4-11(2,3)10(13)9-5-7-12-8-6-9/h4-8H,1H2,2-3H3. The summed E-state index contributed by atoms with van der Waals surface area (Å²) >= 11 is 0.